The lowest BCUT2D eigenvalue weighted by Crippen LogP contribution is -2.07. The highest BCUT2D eigenvalue weighted by Crippen LogP contribution is 2.30. The molecule has 0 radical (unpaired) electrons. The molecule has 2 rings (SSSR count). The molecule has 0 aliphatic rings. The average Bonchev–Trinajstić information content (AvgIpc) is 2.43. The van der Waals surface area contributed by atoms with Crippen LogP contribution < -0.4 is 5.30 Å². The molecule has 1 atom stereocenters. The van der Waals surface area contributed by atoms with E-state index in [-0.39, 0.29) is 5.52 Å². The molecular formula is C16H16O2P+. The summed E-state index contributed by atoms with van der Waals surface area (Å²) in [6.07, 6.45) is 0. The fraction of sp³-hybridized carbons (Fsp3) is 0.188. The Morgan fingerprint density at radius 3 is 2.11 bits per heavy atom. The van der Waals surface area contributed by atoms with Gasteiger partial charge >= 0.3 is 13.3 Å². The Morgan fingerprint density at radius 1 is 0.895 bits per heavy atom. The van der Waals surface area contributed by atoms with Gasteiger partial charge in [0.05, 0.1) is 5.56 Å². The summed E-state index contributed by atoms with van der Waals surface area (Å²) >= 11 is 0. The summed E-state index contributed by atoms with van der Waals surface area (Å²) in [7, 11) is -2.05. The normalized spacial score (nSPS) is 11.2. The van der Waals surface area contributed by atoms with Crippen LogP contribution in [0, 0.1) is 20.8 Å². The number of carbonyl (C=O) groups excluding carboxylic acids is 1. The minimum Gasteiger partial charge on any atom is -0.234 e. The highest BCUT2D eigenvalue weighted by molar-refractivity contribution is 7.71. The Morgan fingerprint density at radius 2 is 1.47 bits per heavy atom. The van der Waals surface area contributed by atoms with Crippen molar-refractivity contribution in [2.75, 3.05) is 0 Å². The monoisotopic (exact) mass is 271 g/mol. The van der Waals surface area contributed by atoms with Crippen LogP contribution in [0.2, 0.25) is 0 Å². The van der Waals surface area contributed by atoms with Gasteiger partial charge in [-0.05, 0) is 49.6 Å². The molecule has 2 aromatic rings. The van der Waals surface area contributed by atoms with Gasteiger partial charge in [-0.1, -0.05) is 34.9 Å². The van der Waals surface area contributed by atoms with Gasteiger partial charge in [-0.2, -0.15) is 0 Å². The molecule has 0 aliphatic heterocycles. The van der Waals surface area contributed by atoms with Crippen molar-refractivity contribution in [1.29, 1.82) is 0 Å². The van der Waals surface area contributed by atoms with Crippen molar-refractivity contribution in [3.63, 3.8) is 0 Å². The van der Waals surface area contributed by atoms with E-state index in [4.69, 9.17) is 0 Å². The zero-order chi connectivity index (χ0) is 14.0. The SMILES string of the molecule is Cc1ccc(C)c(C(=O)[P+](=O)c2ccccc2)c1C. The van der Waals surface area contributed by atoms with Gasteiger partial charge in [0.1, 0.15) is 0 Å². The second-order valence-corrected chi connectivity index (χ2v) is 6.15. The molecular weight excluding hydrogens is 255 g/mol. The molecule has 2 aromatic carbocycles. The minimum atomic E-state index is -2.05. The third-order valence-electron chi connectivity index (χ3n) is 3.33. The van der Waals surface area contributed by atoms with Crippen molar-refractivity contribution < 1.29 is 9.36 Å². The predicted octanol–water partition coefficient (Wildman–Crippen LogP) is 3.90. The second-order valence-electron chi connectivity index (χ2n) is 4.63. The Balaban J connectivity index is 2.46. The van der Waals surface area contributed by atoms with Gasteiger partial charge in [-0.3, -0.25) is 0 Å². The molecule has 2 nitrogen and oxygen atoms in total. The van der Waals surface area contributed by atoms with E-state index in [1.807, 2.05) is 39.0 Å². The lowest BCUT2D eigenvalue weighted by Gasteiger charge is -2.06. The van der Waals surface area contributed by atoms with Crippen molar-refractivity contribution in [1.82, 2.24) is 0 Å². The van der Waals surface area contributed by atoms with E-state index in [1.54, 1.807) is 24.3 Å². The lowest BCUT2D eigenvalue weighted by atomic mass is 9.99. The number of benzene rings is 2. The summed E-state index contributed by atoms with van der Waals surface area (Å²) in [4.78, 5) is 12.5. The Kier molecular flexibility index (Phi) is 3.92. The van der Waals surface area contributed by atoms with Crippen molar-refractivity contribution in [2.24, 2.45) is 0 Å². The molecule has 96 valence electrons. The molecule has 0 saturated carbocycles. The Bertz CT molecular complexity index is 645. The number of hydrogen-bond acceptors (Lipinski definition) is 2. The second kappa shape index (κ2) is 5.46. The van der Waals surface area contributed by atoms with Crippen molar-refractivity contribution >= 4 is 18.6 Å². The van der Waals surface area contributed by atoms with E-state index in [9.17, 15) is 9.36 Å². The van der Waals surface area contributed by atoms with Crippen LogP contribution in [0.5, 0.6) is 0 Å². The van der Waals surface area contributed by atoms with E-state index in [0.717, 1.165) is 16.7 Å². The molecule has 0 bridgehead atoms. The zero-order valence-electron chi connectivity index (χ0n) is 11.3. The number of carbonyl (C=O) groups is 1. The van der Waals surface area contributed by atoms with Crippen LogP contribution in [0.1, 0.15) is 27.0 Å². The van der Waals surface area contributed by atoms with Crippen LogP contribution >= 0.6 is 7.80 Å². The van der Waals surface area contributed by atoms with Gasteiger partial charge in [-0.15, -0.1) is 0 Å². The fourth-order valence-corrected chi connectivity index (χ4v) is 3.29. The van der Waals surface area contributed by atoms with Crippen LogP contribution in [0.15, 0.2) is 42.5 Å². The number of rotatable bonds is 3. The van der Waals surface area contributed by atoms with Gasteiger partial charge in [0.2, 0.25) is 0 Å². The quantitative estimate of drug-likeness (QED) is 0.793. The molecule has 0 aliphatic carbocycles. The standard InChI is InChI=1S/C16H16O2P/c1-11-9-10-12(2)15(13(11)3)16(17)19(18)14-7-5-4-6-8-14/h4-10H,1-3H3/q+1. The highest BCUT2D eigenvalue weighted by Gasteiger charge is 2.34. The molecule has 0 spiro atoms. The molecule has 0 aromatic heterocycles. The summed E-state index contributed by atoms with van der Waals surface area (Å²) in [5.41, 5.74) is 3.17. The maximum absolute atomic E-state index is 12.5. The first-order valence-electron chi connectivity index (χ1n) is 6.16. The van der Waals surface area contributed by atoms with Crippen molar-refractivity contribution in [3.8, 4) is 0 Å². The van der Waals surface area contributed by atoms with Crippen LogP contribution in [0.4, 0.5) is 0 Å². The summed E-state index contributed by atoms with van der Waals surface area (Å²) in [6, 6.07) is 12.8. The topological polar surface area (TPSA) is 34.1 Å². The lowest BCUT2D eigenvalue weighted by molar-refractivity contribution is 0.107. The Labute approximate surface area is 114 Å². The van der Waals surface area contributed by atoms with Crippen LogP contribution in [-0.2, 0) is 4.57 Å². The zero-order valence-corrected chi connectivity index (χ0v) is 12.2. The molecule has 0 amide bonds. The first kappa shape index (κ1) is 13.6. The third kappa shape index (κ3) is 2.64. The van der Waals surface area contributed by atoms with E-state index in [1.165, 1.54) is 0 Å². The molecule has 19 heavy (non-hydrogen) atoms. The van der Waals surface area contributed by atoms with Gasteiger partial charge in [-0.25, -0.2) is 4.79 Å². The van der Waals surface area contributed by atoms with E-state index in [0.29, 0.717) is 10.9 Å². The first-order valence-corrected chi connectivity index (χ1v) is 7.41. The molecule has 1 unspecified atom stereocenters. The predicted molar refractivity (Wildman–Crippen MR) is 78.7 cm³/mol. The molecule has 3 heteroatoms. The maximum Gasteiger partial charge on any atom is 0.458 e. The average molecular weight is 271 g/mol. The van der Waals surface area contributed by atoms with Gasteiger partial charge in [0.15, 0.2) is 5.30 Å². The first-order chi connectivity index (χ1) is 9.02. The summed E-state index contributed by atoms with van der Waals surface area (Å²) < 4.78 is 12.4. The fourth-order valence-electron chi connectivity index (χ4n) is 2.06. The van der Waals surface area contributed by atoms with Crippen molar-refractivity contribution in [3.05, 3.63) is 64.7 Å². The van der Waals surface area contributed by atoms with Gasteiger partial charge < -0.3 is 0 Å². The smallest absolute Gasteiger partial charge is 0.234 e. The van der Waals surface area contributed by atoms with Gasteiger partial charge in [0.25, 0.3) is 0 Å². The van der Waals surface area contributed by atoms with Crippen molar-refractivity contribution in [2.45, 2.75) is 20.8 Å². The number of aryl methyl sites for hydroxylation is 2. The molecule has 0 fully saturated rings. The molecule has 0 heterocycles. The summed E-state index contributed by atoms with van der Waals surface area (Å²) in [5.74, 6) is 0. The highest BCUT2D eigenvalue weighted by atomic mass is 31.1. The van der Waals surface area contributed by atoms with Crippen LogP contribution in [0.3, 0.4) is 0 Å². The summed E-state index contributed by atoms with van der Waals surface area (Å²) in [6.45, 7) is 5.75. The van der Waals surface area contributed by atoms with Crippen LogP contribution in [-0.4, -0.2) is 5.52 Å². The Hall–Kier alpha value is -1.79. The van der Waals surface area contributed by atoms with E-state index in [2.05, 4.69) is 0 Å². The largest absolute Gasteiger partial charge is 0.458 e. The maximum atomic E-state index is 12.5. The molecule has 0 saturated heterocycles. The molecule has 0 N–H and O–H groups in total. The van der Waals surface area contributed by atoms with Crippen LogP contribution in [0.25, 0.3) is 0 Å². The van der Waals surface area contributed by atoms with E-state index >= 15 is 0 Å². The van der Waals surface area contributed by atoms with E-state index < -0.39 is 7.80 Å². The minimum absolute atomic E-state index is 0.278. The van der Waals surface area contributed by atoms with Gasteiger partial charge in [0, 0.05) is 0 Å². The third-order valence-corrected chi connectivity index (χ3v) is 4.69. The number of hydrogen-bond donors (Lipinski definition) is 0. The summed E-state index contributed by atoms with van der Waals surface area (Å²) in [5, 5.41) is 0.586.